The Kier molecular flexibility index (Phi) is 11.8. The second-order valence-corrected chi connectivity index (χ2v) is 6.49. The van der Waals surface area contributed by atoms with Gasteiger partial charge < -0.3 is 21.1 Å². The highest BCUT2D eigenvalue weighted by atomic mass is 127. The average molecular weight is 550 g/mol. The van der Waals surface area contributed by atoms with E-state index >= 15 is 0 Å². The van der Waals surface area contributed by atoms with Gasteiger partial charge in [-0.2, -0.15) is 8.78 Å². The van der Waals surface area contributed by atoms with Crippen LogP contribution in [0.5, 0.6) is 5.75 Å². The molecule has 2 aromatic rings. The summed E-state index contributed by atoms with van der Waals surface area (Å²) in [7, 11) is 0. The second-order valence-electron chi connectivity index (χ2n) is 6.49. The van der Waals surface area contributed by atoms with E-state index in [0.717, 1.165) is 5.56 Å². The van der Waals surface area contributed by atoms with Crippen molar-refractivity contribution in [1.82, 2.24) is 10.6 Å². The topological polar surface area (TPSA) is 88.7 Å². The molecule has 0 aliphatic heterocycles. The molecule has 0 radical (unpaired) electrons. The van der Waals surface area contributed by atoms with E-state index in [1.165, 1.54) is 18.2 Å². The van der Waals surface area contributed by atoms with Crippen molar-refractivity contribution in [2.24, 2.45) is 16.6 Å². The first-order chi connectivity index (χ1) is 14.4. The number of nitrogens with one attached hydrogen (secondary N) is 2. The quantitative estimate of drug-likeness (QED) is 0.240. The Labute approximate surface area is 196 Å². The van der Waals surface area contributed by atoms with Gasteiger partial charge in [-0.25, -0.2) is 9.38 Å². The largest absolute Gasteiger partial charge is 0.434 e. The van der Waals surface area contributed by atoms with E-state index in [2.05, 4.69) is 20.4 Å². The van der Waals surface area contributed by atoms with Gasteiger partial charge in [-0.05, 0) is 37.1 Å². The molecule has 1 unspecified atom stereocenters. The smallest absolute Gasteiger partial charge is 0.387 e. The first kappa shape index (κ1) is 26.5. The highest BCUT2D eigenvalue weighted by molar-refractivity contribution is 14.0. The van der Waals surface area contributed by atoms with Crippen LogP contribution >= 0.6 is 24.0 Å². The van der Waals surface area contributed by atoms with Crippen LogP contribution in [0.15, 0.2) is 53.5 Å². The summed E-state index contributed by atoms with van der Waals surface area (Å²) in [5.41, 5.74) is 6.78. The Morgan fingerprint density at radius 2 is 1.81 bits per heavy atom. The molecule has 0 spiro atoms. The minimum absolute atomic E-state index is 0. The molecule has 2 rings (SSSR count). The number of primary amides is 1. The third-order valence-electron chi connectivity index (χ3n) is 4.25. The molecule has 0 saturated heterocycles. The maximum absolute atomic E-state index is 13.1. The van der Waals surface area contributed by atoms with E-state index in [1.54, 1.807) is 30.3 Å². The predicted molar refractivity (Wildman–Crippen MR) is 124 cm³/mol. The van der Waals surface area contributed by atoms with E-state index < -0.39 is 18.4 Å². The molecular formula is C21H26F3IN4O2. The van der Waals surface area contributed by atoms with E-state index in [-0.39, 0.29) is 48.6 Å². The summed E-state index contributed by atoms with van der Waals surface area (Å²) in [5, 5.41) is 6.07. The molecular weight excluding hydrogens is 524 g/mol. The third-order valence-corrected chi connectivity index (χ3v) is 4.25. The first-order valence-electron chi connectivity index (χ1n) is 9.47. The maximum Gasteiger partial charge on any atom is 0.387 e. The minimum Gasteiger partial charge on any atom is -0.434 e. The highest BCUT2D eigenvalue weighted by Crippen LogP contribution is 2.21. The molecule has 170 valence electrons. The summed E-state index contributed by atoms with van der Waals surface area (Å²) in [4.78, 5) is 16.2. The molecule has 0 heterocycles. The van der Waals surface area contributed by atoms with Gasteiger partial charge in [-0.1, -0.05) is 30.3 Å². The number of halogens is 4. The van der Waals surface area contributed by atoms with Crippen molar-refractivity contribution in [3.05, 3.63) is 65.5 Å². The lowest BCUT2D eigenvalue weighted by Gasteiger charge is -2.17. The van der Waals surface area contributed by atoms with Crippen LogP contribution in [0.4, 0.5) is 13.2 Å². The molecule has 31 heavy (non-hydrogen) atoms. The summed E-state index contributed by atoms with van der Waals surface area (Å²) in [6.07, 6.45) is 0.340. The lowest BCUT2D eigenvalue weighted by Crippen LogP contribution is -2.43. The van der Waals surface area contributed by atoms with Gasteiger partial charge in [-0.15, -0.1) is 24.0 Å². The second kappa shape index (κ2) is 13.7. The van der Waals surface area contributed by atoms with Crippen molar-refractivity contribution < 1.29 is 22.7 Å². The number of nitrogens with zero attached hydrogens (tertiary/aromatic N) is 1. The number of hydrogen-bond acceptors (Lipinski definition) is 3. The van der Waals surface area contributed by atoms with E-state index in [4.69, 9.17) is 5.73 Å². The number of aliphatic imine (C=N–C) groups is 1. The summed E-state index contributed by atoms with van der Waals surface area (Å²) in [6.45, 7) is -0.204. The Bertz CT molecular complexity index is 851. The third kappa shape index (κ3) is 9.45. The SMILES string of the molecule is CCNC(=NCc1ccccc1OC(F)F)NCC(Cc1ccc(F)cc1)C(N)=O.I. The Balaban J connectivity index is 0.00000480. The fourth-order valence-corrected chi connectivity index (χ4v) is 2.75. The molecule has 0 aliphatic carbocycles. The lowest BCUT2D eigenvalue weighted by atomic mass is 9.98. The number of rotatable bonds is 10. The molecule has 0 aliphatic rings. The van der Waals surface area contributed by atoms with E-state index in [9.17, 15) is 18.0 Å². The monoisotopic (exact) mass is 550 g/mol. The van der Waals surface area contributed by atoms with Crippen LogP contribution < -0.4 is 21.1 Å². The van der Waals surface area contributed by atoms with Crippen LogP contribution in [0, 0.1) is 11.7 Å². The van der Waals surface area contributed by atoms with Crippen molar-refractivity contribution in [2.45, 2.75) is 26.5 Å². The van der Waals surface area contributed by atoms with Gasteiger partial charge in [-0.3, -0.25) is 4.79 Å². The van der Waals surface area contributed by atoms with Gasteiger partial charge in [0.1, 0.15) is 11.6 Å². The van der Waals surface area contributed by atoms with Crippen LogP contribution in [0.3, 0.4) is 0 Å². The zero-order valence-corrected chi connectivity index (χ0v) is 19.3. The normalized spacial score (nSPS) is 12.1. The van der Waals surface area contributed by atoms with Crippen molar-refractivity contribution >= 4 is 35.8 Å². The Hall–Kier alpha value is -2.50. The van der Waals surface area contributed by atoms with Crippen LogP contribution in [-0.2, 0) is 17.8 Å². The van der Waals surface area contributed by atoms with Crippen molar-refractivity contribution in [2.75, 3.05) is 13.1 Å². The lowest BCUT2D eigenvalue weighted by molar-refractivity contribution is -0.121. The van der Waals surface area contributed by atoms with Crippen LogP contribution in [0.1, 0.15) is 18.1 Å². The number of para-hydroxylation sites is 1. The van der Waals surface area contributed by atoms with Crippen molar-refractivity contribution in [1.29, 1.82) is 0 Å². The fraction of sp³-hybridized carbons (Fsp3) is 0.333. The zero-order valence-electron chi connectivity index (χ0n) is 17.0. The molecule has 0 saturated carbocycles. The van der Waals surface area contributed by atoms with Crippen LogP contribution in [0.2, 0.25) is 0 Å². The Morgan fingerprint density at radius 1 is 1.13 bits per heavy atom. The summed E-state index contributed by atoms with van der Waals surface area (Å²) in [6, 6.07) is 12.2. The molecule has 2 aromatic carbocycles. The van der Waals surface area contributed by atoms with E-state index in [0.29, 0.717) is 24.5 Å². The van der Waals surface area contributed by atoms with Gasteiger partial charge in [0.25, 0.3) is 0 Å². The van der Waals surface area contributed by atoms with Crippen molar-refractivity contribution in [3.8, 4) is 5.75 Å². The molecule has 0 aromatic heterocycles. The molecule has 1 atom stereocenters. The molecule has 1 amide bonds. The molecule has 0 fully saturated rings. The number of benzene rings is 2. The average Bonchev–Trinajstić information content (AvgIpc) is 2.70. The standard InChI is InChI=1S/C21H25F3N4O2.HI/c1-2-26-21(27-12-15-5-3-4-6-18(15)30-20(23)24)28-13-16(19(25)29)11-14-7-9-17(22)10-8-14;/h3-10,16,20H,2,11-13H2,1H3,(H2,25,29)(H2,26,27,28);1H. The van der Waals surface area contributed by atoms with Gasteiger partial charge in [0.05, 0.1) is 12.5 Å². The van der Waals surface area contributed by atoms with Crippen LogP contribution in [0.25, 0.3) is 0 Å². The van der Waals surface area contributed by atoms with Crippen LogP contribution in [-0.4, -0.2) is 31.6 Å². The fourth-order valence-electron chi connectivity index (χ4n) is 2.75. The first-order valence-corrected chi connectivity index (χ1v) is 9.47. The molecule has 6 nitrogen and oxygen atoms in total. The van der Waals surface area contributed by atoms with Gasteiger partial charge in [0.2, 0.25) is 5.91 Å². The Morgan fingerprint density at radius 3 is 2.42 bits per heavy atom. The molecule has 10 heteroatoms. The number of nitrogens with two attached hydrogens (primary N) is 1. The van der Waals surface area contributed by atoms with Gasteiger partial charge >= 0.3 is 6.61 Å². The van der Waals surface area contributed by atoms with Crippen molar-refractivity contribution in [3.63, 3.8) is 0 Å². The number of carbonyl (C=O) groups is 1. The number of guanidine groups is 1. The predicted octanol–water partition coefficient (Wildman–Crippen LogP) is 3.44. The number of carbonyl (C=O) groups excluding carboxylic acids is 1. The molecule has 0 bridgehead atoms. The number of amides is 1. The zero-order chi connectivity index (χ0) is 21.9. The number of ether oxygens (including phenoxy) is 1. The molecule has 4 N–H and O–H groups in total. The maximum atomic E-state index is 13.1. The highest BCUT2D eigenvalue weighted by Gasteiger charge is 2.17. The number of hydrogen-bond donors (Lipinski definition) is 3. The van der Waals surface area contributed by atoms with Gasteiger partial charge in [0.15, 0.2) is 5.96 Å². The summed E-state index contributed by atoms with van der Waals surface area (Å²) < 4.78 is 42.7. The van der Waals surface area contributed by atoms with Gasteiger partial charge in [0, 0.05) is 18.7 Å². The minimum atomic E-state index is -2.93. The number of alkyl halides is 2. The summed E-state index contributed by atoms with van der Waals surface area (Å²) >= 11 is 0. The van der Waals surface area contributed by atoms with E-state index in [1.807, 2.05) is 6.92 Å². The summed E-state index contributed by atoms with van der Waals surface area (Å²) in [5.74, 6) is -0.953.